The number of ether oxygens (including phenoxy) is 3. The maximum atomic E-state index is 10.5. The summed E-state index contributed by atoms with van der Waals surface area (Å²) in [6, 6.07) is 0. The second-order valence-electron chi connectivity index (χ2n) is 4.05. The number of aliphatic hydroxyl groups excluding tert-OH is 1. The van der Waals surface area contributed by atoms with Gasteiger partial charge >= 0.3 is 23.9 Å². The molecule has 24 heavy (non-hydrogen) atoms. The molecule has 0 aliphatic carbocycles. The molecule has 0 radical (unpaired) electrons. The molecule has 142 valence electrons. The lowest BCUT2D eigenvalue weighted by molar-refractivity contribution is -0.152. The van der Waals surface area contributed by atoms with Gasteiger partial charge in [-0.25, -0.2) is 4.79 Å². The number of aliphatic hydroxyl groups is 1. The highest BCUT2D eigenvalue weighted by Gasteiger charge is 2.07. The van der Waals surface area contributed by atoms with Crippen LogP contribution >= 0.6 is 0 Å². The monoisotopic (exact) mass is 352 g/mol. The minimum Gasteiger partial charge on any atom is -0.481 e. The smallest absolute Gasteiger partial charge is 0.334 e. The summed E-state index contributed by atoms with van der Waals surface area (Å²) < 4.78 is 13.3. The van der Waals surface area contributed by atoms with Crippen molar-refractivity contribution < 1.29 is 43.6 Å². The normalized spacial score (nSPS) is 9.92. The summed E-state index contributed by atoms with van der Waals surface area (Å²) in [5.41, 5.74) is 0. The Labute approximate surface area is 141 Å². The lowest BCUT2D eigenvalue weighted by Gasteiger charge is -2.01. The minimum atomic E-state index is -0.991. The summed E-state index contributed by atoms with van der Waals surface area (Å²) >= 11 is 0. The summed E-state index contributed by atoms with van der Waals surface area (Å²) in [7, 11) is 0. The van der Waals surface area contributed by atoms with E-state index < -0.39 is 24.0 Å². The van der Waals surface area contributed by atoms with E-state index in [0.717, 1.165) is 0 Å². The van der Waals surface area contributed by atoms with Gasteiger partial charge in [-0.3, -0.25) is 14.4 Å². The number of hydrogen-bond donors (Lipinski definition) is 2. The fourth-order valence-electron chi connectivity index (χ4n) is 0.908. The number of carboxylic acids is 1. The molecule has 0 aromatic heterocycles. The van der Waals surface area contributed by atoms with Crippen molar-refractivity contribution in [3.8, 4) is 0 Å². The molecule has 0 bridgehead atoms. The summed E-state index contributed by atoms with van der Waals surface area (Å²) in [6.45, 7) is 9.03. The Morgan fingerprint density at radius 1 is 0.875 bits per heavy atom. The molecule has 0 amide bonds. The van der Waals surface area contributed by atoms with Gasteiger partial charge in [-0.15, -0.1) is 0 Å². The molecule has 0 rings (SSSR count). The van der Waals surface area contributed by atoms with E-state index in [1.54, 1.807) is 20.8 Å². The molecule has 0 heterocycles. The fraction of sp³-hybridized carbons (Fsp3) is 0.733. The molecular weight excluding hydrogens is 324 g/mol. The number of carboxylic acid groups (broad SMARTS) is 1. The van der Waals surface area contributed by atoms with Crippen LogP contribution in [0.15, 0.2) is 0 Å². The van der Waals surface area contributed by atoms with Gasteiger partial charge in [0.2, 0.25) is 0 Å². The zero-order valence-electron chi connectivity index (χ0n) is 14.9. The predicted octanol–water partition coefficient (Wildman–Crippen LogP) is 0.914. The standard InChI is InChI=1S/C6H10O4.C5H10O3.C4H8O2/c1-2-10-6(9)4-3-5(7)8;1-3-8-5(7)4(2)6;1-3-6-4(2)5/h2-4H2,1H3,(H,7,8);4,6H,3H2,1-2H3;3H2,1-2H3. The number of carbonyl (C=O) groups excluding carboxylic acids is 3. The maximum Gasteiger partial charge on any atom is 0.334 e. The fourth-order valence-corrected chi connectivity index (χ4v) is 0.908. The number of rotatable bonds is 7. The van der Waals surface area contributed by atoms with Crippen molar-refractivity contribution >= 4 is 23.9 Å². The van der Waals surface area contributed by atoms with Gasteiger partial charge in [-0.2, -0.15) is 0 Å². The molecule has 0 fully saturated rings. The lowest BCUT2D eigenvalue weighted by atomic mass is 10.3. The maximum absolute atomic E-state index is 10.5. The van der Waals surface area contributed by atoms with Gasteiger partial charge in [0.25, 0.3) is 0 Å². The highest BCUT2D eigenvalue weighted by molar-refractivity contribution is 5.76. The van der Waals surface area contributed by atoms with E-state index in [4.69, 9.17) is 10.2 Å². The number of aliphatic carboxylic acids is 1. The first-order valence-corrected chi connectivity index (χ1v) is 7.47. The van der Waals surface area contributed by atoms with Crippen molar-refractivity contribution in [2.75, 3.05) is 19.8 Å². The molecule has 1 unspecified atom stereocenters. The molecule has 0 aliphatic rings. The first-order valence-electron chi connectivity index (χ1n) is 7.47. The molecule has 9 nitrogen and oxygen atoms in total. The van der Waals surface area contributed by atoms with Crippen LogP contribution in [0.2, 0.25) is 0 Å². The molecular formula is C15H28O9. The van der Waals surface area contributed by atoms with Gasteiger partial charge < -0.3 is 24.4 Å². The molecule has 0 spiro atoms. The molecule has 2 N–H and O–H groups in total. The van der Waals surface area contributed by atoms with Gasteiger partial charge in [-0.1, -0.05) is 0 Å². The Bertz CT molecular complexity index is 364. The van der Waals surface area contributed by atoms with Gasteiger partial charge in [0.15, 0.2) is 0 Å². The average Bonchev–Trinajstić information content (AvgIpc) is 2.47. The Kier molecular flexibility index (Phi) is 21.0. The van der Waals surface area contributed by atoms with Gasteiger partial charge in [0.05, 0.1) is 32.7 Å². The van der Waals surface area contributed by atoms with Crippen LogP contribution in [-0.2, 0) is 33.4 Å². The third-order valence-corrected chi connectivity index (χ3v) is 1.82. The van der Waals surface area contributed by atoms with Crippen LogP contribution in [0.4, 0.5) is 0 Å². The van der Waals surface area contributed by atoms with Gasteiger partial charge in [-0.05, 0) is 27.7 Å². The molecule has 0 aromatic carbocycles. The van der Waals surface area contributed by atoms with Crippen molar-refractivity contribution in [1.82, 2.24) is 0 Å². The van der Waals surface area contributed by atoms with Gasteiger partial charge in [0, 0.05) is 6.92 Å². The molecule has 9 heteroatoms. The van der Waals surface area contributed by atoms with Crippen LogP contribution in [0, 0.1) is 0 Å². The number of esters is 3. The predicted molar refractivity (Wildman–Crippen MR) is 84.1 cm³/mol. The van der Waals surface area contributed by atoms with E-state index in [9.17, 15) is 19.2 Å². The number of carbonyl (C=O) groups is 4. The van der Waals surface area contributed by atoms with Crippen LogP contribution in [-0.4, -0.2) is 60.0 Å². The second kappa shape index (κ2) is 18.9. The van der Waals surface area contributed by atoms with Gasteiger partial charge in [0.1, 0.15) is 6.10 Å². The second-order valence-corrected chi connectivity index (χ2v) is 4.05. The minimum absolute atomic E-state index is 0.0385. The summed E-state index contributed by atoms with van der Waals surface area (Å²) in [5, 5.41) is 16.6. The van der Waals surface area contributed by atoms with Crippen molar-refractivity contribution in [2.45, 2.75) is 53.6 Å². The average molecular weight is 352 g/mol. The number of hydrogen-bond acceptors (Lipinski definition) is 8. The Morgan fingerprint density at radius 3 is 1.54 bits per heavy atom. The van der Waals surface area contributed by atoms with Crippen LogP contribution in [0.25, 0.3) is 0 Å². The zero-order chi connectivity index (χ0) is 19.5. The first-order chi connectivity index (χ1) is 11.1. The molecule has 0 aliphatic heterocycles. The van der Waals surface area contributed by atoms with Crippen LogP contribution in [0.3, 0.4) is 0 Å². The van der Waals surface area contributed by atoms with Crippen LogP contribution in [0.5, 0.6) is 0 Å². The SMILES string of the molecule is CCOC(=O)C(C)O.CCOC(=O)CCC(=O)O.CCOC(C)=O. The van der Waals surface area contributed by atoms with Crippen molar-refractivity contribution in [3.63, 3.8) is 0 Å². The first kappa shape index (κ1) is 26.7. The topological polar surface area (TPSA) is 136 Å². The zero-order valence-corrected chi connectivity index (χ0v) is 14.9. The highest BCUT2D eigenvalue weighted by Crippen LogP contribution is 1.91. The van der Waals surface area contributed by atoms with E-state index in [2.05, 4.69) is 14.2 Å². The van der Waals surface area contributed by atoms with E-state index in [1.165, 1.54) is 13.8 Å². The highest BCUT2D eigenvalue weighted by atomic mass is 16.5. The Morgan fingerprint density at radius 2 is 1.33 bits per heavy atom. The van der Waals surface area contributed by atoms with E-state index >= 15 is 0 Å². The third kappa shape index (κ3) is 28.1. The third-order valence-electron chi connectivity index (χ3n) is 1.82. The van der Waals surface area contributed by atoms with Crippen LogP contribution < -0.4 is 0 Å². The Balaban J connectivity index is -0.000000285. The van der Waals surface area contributed by atoms with Crippen molar-refractivity contribution in [3.05, 3.63) is 0 Å². The van der Waals surface area contributed by atoms with Crippen LogP contribution in [0.1, 0.15) is 47.5 Å². The Hall–Kier alpha value is -2.16. The summed E-state index contributed by atoms with van der Waals surface area (Å²) in [4.78, 5) is 40.5. The van der Waals surface area contributed by atoms with E-state index in [-0.39, 0.29) is 18.8 Å². The largest absolute Gasteiger partial charge is 0.481 e. The van der Waals surface area contributed by atoms with E-state index in [1.807, 2.05) is 0 Å². The van der Waals surface area contributed by atoms with Crippen molar-refractivity contribution in [1.29, 1.82) is 0 Å². The molecule has 0 saturated heterocycles. The summed E-state index contributed by atoms with van der Waals surface area (Å²) in [6.07, 6.45) is -1.18. The lowest BCUT2D eigenvalue weighted by Crippen LogP contribution is -2.18. The molecule has 1 atom stereocenters. The van der Waals surface area contributed by atoms with E-state index in [0.29, 0.717) is 19.8 Å². The quantitative estimate of drug-likeness (QED) is 0.506. The van der Waals surface area contributed by atoms with Crippen molar-refractivity contribution in [2.24, 2.45) is 0 Å². The molecule has 0 saturated carbocycles. The molecule has 0 aromatic rings. The summed E-state index contributed by atoms with van der Waals surface area (Å²) in [5.74, 6) is -2.21.